The van der Waals surface area contributed by atoms with Crippen molar-refractivity contribution in [1.29, 1.82) is 0 Å². The molecule has 3 aromatic carbocycles. The number of fused-ring (bicyclic) bond motifs is 3. The zero-order valence-electron chi connectivity index (χ0n) is 69.5. The van der Waals surface area contributed by atoms with Crippen LogP contribution >= 0.6 is 23.5 Å². The predicted molar refractivity (Wildman–Crippen MR) is 426 cm³/mol. The third-order valence-electron chi connectivity index (χ3n) is 16.5. The van der Waals surface area contributed by atoms with Gasteiger partial charge in [-0.25, -0.2) is 52.2 Å². The number of hydrogen-bond acceptors (Lipinski definition) is 38. The molecular formula is C69H80CaF3N18Na2O29P3+2. The molecule has 0 unspecified atom stereocenters. The molecule has 0 spiro atoms. The van der Waals surface area contributed by atoms with Crippen molar-refractivity contribution in [3.63, 3.8) is 0 Å². The summed E-state index contributed by atoms with van der Waals surface area (Å²) in [5.41, 5.74) is -2.78. The molecule has 0 saturated heterocycles. The number of nitrogens with zero attached hydrogens (tertiary/aromatic N) is 12. The van der Waals surface area contributed by atoms with Gasteiger partial charge in [0.05, 0.1) is 90.4 Å². The molecule has 0 bridgehead atoms. The number of hydrogen-bond donors (Lipinski definition) is 10. The number of rotatable bonds is 30. The summed E-state index contributed by atoms with van der Waals surface area (Å²) in [5.74, 6) is -1.91. The molecule has 6 aromatic heterocycles. The van der Waals surface area contributed by atoms with Crippen LogP contribution in [0.15, 0.2) is 91.4 Å². The number of methoxy groups -OCH3 is 9. The third kappa shape index (κ3) is 26.6. The molecule has 0 radical (unpaired) electrons. The minimum Gasteiger partial charge on any atom is -0.790 e. The van der Waals surface area contributed by atoms with Crippen LogP contribution in [-0.2, 0) is 41.6 Å². The number of aromatic nitrogens is 9. The Morgan fingerprint density at radius 1 is 0.392 bits per heavy atom. The Bertz CT molecular complexity index is 4930. The van der Waals surface area contributed by atoms with Crippen LogP contribution < -0.4 is 172 Å². The number of pyridine rings is 3. The first kappa shape index (κ1) is 106. The molecule has 0 fully saturated rings. The number of ether oxygens (including phenoxy) is 12. The van der Waals surface area contributed by atoms with Gasteiger partial charge in [-0.2, -0.15) is 15.0 Å². The second kappa shape index (κ2) is 44.3. The maximum atomic E-state index is 14.7. The maximum Gasteiger partial charge on any atom is 2.00 e. The van der Waals surface area contributed by atoms with Gasteiger partial charge < -0.3 is 138 Å². The number of amides is 3. The Labute approximate surface area is 782 Å². The average Bonchev–Trinajstić information content (AvgIpc) is 0.769. The quantitative estimate of drug-likeness (QED) is 0.0209. The molecule has 9 heterocycles. The summed E-state index contributed by atoms with van der Waals surface area (Å²) in [5, 5.41) is 16.9. The number of halogens is 3. The van der Waals surface area contributed by atoms with Crippen molar-refractivity contribution in [2.45, 2.75) is 58.3 Å². The minimum absolute atomic E-state index is 0. The van der Waals surface area contributed by atoms with E-state index in [9.17, 15) is 51.0 Å². The monoisotopic (exact) mass is 1860 g/mol. The van der Waals surface area contributed by atoms with Crippen LogP contribution in [0.25, 0.3) is 0 Å². The summed E-state index contributed by atoms with van der Waals surface area (Å²) in [6, 6.07) is 18.3. The molecule has 14 N–H and O–H groups in total. The fraction of sp³-hybridized carbons (Fsp3) is 0.304. The molecule has 658 valence electrons. The van der Waals surface area contributed by atoms with Crippen molar-refractivity contribution in [3.05, 3.63) is 109 Å². The smallest absolute Gasteiger partial charge is 0.790 e. The molecule has 0 atom stereocenters. The Morgan fingerprint density at radius 2 is 0.624 bits per heavy atom. The van der Waals surface area contributed by atoms with E-state index >= 15 is 0 Å². The van der Waals surface area contributed by atoms with E-state index in [-0.39, 0.29) is 195 Å². The van der Waals surface area contributed by atoms with E-state index < -0.39 is 95.6 Å². The normalized spacial score (nSPS) is 13.6. The summed E-state index contributed by atoms with van der Waals surface area (Å²) < 4.78 is 156. The second-order valence-electron chi connectivity index (χ2n) is 26.0. The summed E-state index contributed by atoms with van der Waals surface area (Å²) in [6.45, 7) is 6.29. The number of phosphoric ester groups is 3. The van der Waals surface area contributed by atoms with Crippen molar-refractivity contribution in [2.75, 3.05) is 131 Å². The predicted octanol–water partition coefficient (Wildman–Crippen LogP) is -0.00270. The average molecular weight is 1860 g/mol. The van der Waals surface area contributed by atoms with E-state index in [0.29, 0.717) is 68.8 Å². The first-order valence-corrected chi connectivity index (χ1v) is 38.8. The fourth-order valence-electron chi connectivity index (χ4n) is 11.1. The fourth-order valence-corrected chi connectivity index (χ4v) is 11.9. The maximum absolute atomic E-state index is 14.7. The number of nitrogens with one attached hydrogen (secondary N) is 6. The standard InChI is InChI=1S/3C23H26FN6O9P.Ca.2Na.2H2O/c3*1-23(2)21(31)30(11-38-40(32,33)34)20-14(39-23)6-7-17(28-20)27-19-13(24)10-25-22(29-19)26-12-8-15(35-3)18(37-5)16(9-12)36-4;;;;;/h3*6-10H,11H2,1-5H3,(H2,32,33,34)(H2,25,26,27,28,29);;;;2*1H2/q;;;+2;2*+1;;/p-2. The molecule has 12 rings (SSSR count). The third-order valence-corrected chi connectivity index (χ3v) is 17.8. The first-order valence-electron chi connectivity index (χ1n) is 34.3. The van der Waals surface area contributed by atoms with Crippen molar-refractivity contribution < 1.29 is 211 Å². The van der Waals surface area contributed by atoms with Gasteiger partial charge in [-0.3, -0.25) is 38.1 Å². The number of carbonyl (C=O) groups is 3. The molecule has 3 aliphatic rings. The van der Waals surface area contributed by atoms with Gasteiger partial charge in [0, 0.05) is 53.5 Å². The van der Waals surface area contributed by atoms with E-state index in [2.05, 4.69) is 90.3 Å². The molecule has 3 amide bonds. The van der Waals surface area contributed by atoms with Crippen molar-refractivity contribution >= 4 is 166 Å². The molecule has 56 heteroatoms. The van der Waals surface area contributed by atoms with Gasteiger partial charge in [-0.15, -0.1) is 0 Å². The largest absolute Gasteiger partial charge is 2.00 e. The van der Waals surface area contributed by atoms with Gasteiger partial charge in [-0.05, 0) is 77.9 Å². The number of phosphoric acid groups is 3. The van der Waals surface area contributed by atoms with Gasteiger partial charge in [0.25, 0.3) is 17.7 Å². The SMILES string of the molecule is COc1cc(Nc2ncc(F)c(Nc3ccc4c(n3)N(COP(=O)(O)O)C(=O)C(C)(C)O4)n2)cc(OC)c1OC.COc1cc(Nc2ncc(F)c(Nc3ccc4c(n3)N(COP(=O)(O)O)C(=O)C(C)(C)O4)n2)cc(OC)c1OC.COc1cc(Nc2ncc(F)c(Nc3ccc4c(n3)N(COP(=O)([O-])[O-])C(=O)C(C)(C)O4)n2)cc(OC)c1OC.O.O.[Ca+2].[Na+].[Na+]. The second-order valence-corrected chi connectivity index (χ2v) is 29.6. The van der Waals surface area contributed by atoms with E-state index in [4.69, 9.17) is 76.4 Å². The Morgan fingerprint density at radius 3 is 0.832 bits per heavy atom. The molecule has 47 nitrogen and oxygen atoms in total. The molecule has 0 saturated carbocycles. The summed E-state index contributed by atoms with van der Waals surface area (Å²) >= 11 is 0. The van der Waals surface area contributed by atoms with Crippen LogP contribution in [0.2, 0.25) is 0 Å². The van der Waals surface area contributed by atoms with Crippen LogP contribution in [-0.4, -0.2) is 232 Å². The van der Waals surface area contributed by atoms with E-state index in [1.807, 2.05) is 0 Å². The Balaban J connectivity index is 0.000000326. The Kier molecular flexibility index (Phi) is 37.5. The molecular weight excluding hydrogens is 1780 g/mol. The zero-order chi connectivity index (χ0) is 87.7. The van der Waals surface area contributed by atoms with Gasteiger partial charge in [-0.1, -0.05) is 0 Å². The van der Waals surface area contributed by atoms with Crippen LogP contribution in [0, 0.1) is 17.5 Å². The van der Waals surface area contributed by atoms with Gasteiger partial charge in [0.2, 0.25) is 35.1 Å². The zero-order valence-corrected chi connectivity index (χ0v) is 78.4. The van der Waals surface area contributed by atoms with Gasteiger partial charge in [0.15, 0.2) is 121 Å². The molecule has 3 aliphatic heterocycles. The van der Waals surface area contributed by atoms with E-state index in [1.165, 1.54) is 142 Å². The van der Waals surface area contributed by atoms with Crippen LogP contribution in [0.1, 0.15) is 41.5 Å². The van der Waals surface area contributed by atoms with E-state index in [1.54, 1.807) is 36.4 Å². The van der Waals surface area contributed by atoms with E-state index in [0.717, 1.165) is 33.3 Å². The van der Waals surface area contributed by atoms with Crippen LogP contribution in [0.4, 0.5) is 100 Å². The molecule has 0 aliphatic carbocycles. The summed E-state index contributed by atoms with van der Waals surface area (Å²) in [4.78, 5) is 137. The topological polar surface area (TPSA) is 629 Å². The van der Waals surface area contributed by atoms with Gasteiger partial charge >= 0.3 is 112 Å². The van der Waals surface area contributed by atoms with Crippen molar-refractivity contribution in [3.8, 4) is 69.0 Å². The molecule has 125 heavy (non-hydrogen) atoms. The first-order chi connectivity index (χ1) is 56.5. The van der Waals surface area contributed by atoms with Crippen molar-refractivity contribution in [2.24, 2.45) is 0 Å². The van der Waals surface area contributed by atoms with Crippen molar-refractivity contribution in [1.82, 2.24) is 44.9 Å². The minimum atomic E-state index is -5.41. The van der Waals surface area contributed by atoms with Crippen LogP contribution in [0.5, 0.6) is 69.0 Å². The summed E-state index contributed by atoms with van der Waals surface area (Å²) in [6.07, 6.45) is 2.79. The number of carbonyl (C=O) groups excluding carboxylic acids is 3. The Hall–Kier alpha value is -9.54. The number of anilines is 15. The van der Waals surface area contributed by atoms with Crippen LogP contribution in [0.3, 0.4) is 0 Å². The van der Waals surface area contributed by atoms with Gasteiger partial charge in [0.1, 0.15) is 37.6 Å². The number of benzene rings is 3. The molecule has 9 aromatic rings. The summed E-state index contributed by atoms with van der Waals surface area (Å²) in [7, 11) is -2.08.